The van der Waals surface area contributed by atoms with Gasteiger partial charge in [-0.05, 0) is 54.1 Å². The maximum absolute atomic E-state index is 13.1. The molecule has 10 heteroatoms. The highest BCUT2D eigenvalue weighted by Gasteiger charge is 2.35. The number of rotatable bonds is 6. The summed E-state index contributed by atoms with van der Waals surface area (Å²) >= 11 is 13.7. The smallest absolute Gasteiger partial charge is 0.283 e. The van der Waals surface area contributed by atoms with Crippen LogP contribution in [0.25, 0.3) is 6.08 Å². The molecule has 1 aliphatic rings. The van der Waals surface area contributed by atoms with Crippen molar-refractivity contribution in [3.05, 3.63) is 92.3 Å². The minimum absolute atomic E-state index is 0.0519. The lowest BCUT2D eigenvalue weighted by molar-refractivity contribution is -0.387. The highest BCUT2D eigenvalue weighted by Crippen LogP contribution is 2.41. The maximum atomic E-state index is 13.1. The van der Waals surface area contributed by atoms with E-state index in [0.717, 1.165) is 16.7 Å². The Morgan fingerprint density at radius 2 is 1.88 bits per heavy atom. The third-order valence-electron chi connectivity index (χ3n) is 4.64. The number of carbonyl (C=O) groups is 1. The first-order valence-corrected chi connectivity index (χ1v) is 11.9. The molecule has 166 valence electrons. The second kappa shape index (κ2) is 9.96. The predicted octanol–water partition coefficient (Wildman–Crippen LogP) is 6.81. The van der Waals surface area contributed by atoms with Crippen LogP contribution in [0.15, 0.2) is 81.4 Å². The number of benzene rings is 3. The Kier molecular flexibility index (Phi) is 7.04. The lowest BCUT2D eigenvalue weighted by Gasteiger charge is -2.17. The summed E-state index contributed by atoms with van der Waals surface area (Å²) in [5.74, 6) is 0.214. The summed E-state index contributed by atoms with van der Waals surface area (Å²) in [5, 5.41) is 12.3. The van der Waals surface area contributed by atoms with E-state index in [2.05, 4.69) is 0 Å². The van der Waals surface area contributed by atoms with Gasteiger partial charge in [0, 0.05) is 16.0 Å². The molecule has 1 fully saturated rings. The van der Waals surface area contributed by atoms with Gasteiger partial charge in [-0.15, -0.1) is 0 Å². The van der Waals surface area contributed by atoms with Gasteiger partial charge >= 0.3 is 0 Å². The van der Waals surface area contributed by atoms with Crippen molar-refractivity contribution in [2.45, 2.75) is 9.79 Å². The summed E-state index contributed by atoms with van der Waals surface area (Å²) in [6.07, 6.45) is 1.61. The number of anilines is 1. The van der Waals surface area contributed by atoms with Gasteiger partial charge in [0.25, 0.3) is 11.6 Å². The summed E-state index contributed by atoms with van der Waals surface area (Å²) in [7, 11) is 1.52. The van der Waals surface area contributed by atoms with Crippen molar-refractivity contribution in [2.75, 3.05) is 12.0 Å². The van der Waals surface area contributed by atoms with Crippen LogP contribution < -0.4 is 9.64 Å². The van der Waals surface area contributed by atoms with E-state index in [1.165, 1.54) is 29.8 Å². The van der Waals surface area contributed by atoms with Crippen LogP contribution in [-0.2, 0) is 4.79 Å². The van der Waals surface area contributed by atoms with Crippen molar-refractivity contribution < 1.29 is 14.5 Å². The quantitative estimate of drug-likeness (QED) is 0.155. The monoisotopic (exact) mass is 514 g/mol. The summed E-state index contributed by atoms with van der Waals surface area (Å²) in [6.45, 7) is 0. The van der Waals surface area contributed by atoms with Crippen molar-refractivity contribution in [3.8, 4) is 5.75 Å². The lowest BCUT2D eigenvalue weighted by atomic mass is 10.2. The minimum atomic E-state index is -0.435. The maximum Gasteiger partial charge on any atom is 0.283 e. The van der Waals surface area contributed by atoms with E-state index in [-0.39, 0.29) is 11.6 Å². The van der Waals surface area contributed by atoms with Gasteiger partial charge in [-0.3, -0.25) is 19.8 Å². The largest absolute Gasteiger partial charge is 0.495 e. The van der Waals surface area contributed by atoms with E-state index < -0.39 is 4.92 Å². The van der Waals surface area contributed by atoms with Gasteiger partial charge in [-0.25, -0.2) is 0 Å². The van der Waals surface area contributed by atoms with Gasteiger partial charge in [-0.2, -0.15) is 0 Å². The zero-order valence-corrected chi connectivity index (χ0v) is 20.3. The van der Waals surface area contributed by atoms with E-state index in [0.29, 0.717) is 36.1 Å². The molecule has 0 aliphatic carbocycles. The number of nitro benzene ring substituents is 1. The van der Waals surface area contributed by atoms with Crippen LogP contribution in [0.4, 0.5) is 11.4 Å². The van der Waals surface area contributed by atoms with Crippen molar-refractivity contribution in [1.29, 1.82) is 0 Å². The van der Waals surface area contributed by atoms with Gasteiger partial charge in [0.15, 0.2) is 4.32 Å². The molecule has 3 aromatic rings. The van der Waals surface area contributed by atoms with E-state index in [4.69, 9.17) is 28.6 Å². The topological polar surface area (TPSA) is 72.7 Å². The third-order valence-corrected chi connectivity index (χ3v) is 7.27. The molecule has 6 nitrogen and oxygen atoms in total. The normalized spacial score (nSPS) is 14.7. The van der Waals surface area contributed by atoms with Crippen LogP contribution in [0.1, 0.15) is 5.56 Å². The Morgan fingerprint density at radius 1 is 1.15 bits per heavy atom. The molecular formula is C23H15ClN2O4S3. The first-order chi connectivity index (χ1) is 15.9. The molecule has 1 amide bonds. The fourth-order valence-electron chi connectivity index (χ4n) is 3.12. The van der Waals surface area contributed by atoms with E-state index in [9.17, 15) is 14.9 Å². The molecule has 0 N–H and O–H groups in total. The zero-order valence-electron chi connectivity index (χ0n) is 17.1. The number of halogens is 1. The Morgan fingerprint density at radius 3 is 2.58 bits per heavy atom. The Labute approximate surface area is 208 Å². The number of carbonyl (C=O) groups excluding carboxylic acids is 1. The number of nitrogens with zero attached hydrogens (tertiary/aromatic N) is 2. The average Bonchev–Trinajstić information content (AvgIpc) is 3.08. The van der Waals surface area contributed by atoms with Crippen LogP contribution in [0, 0.1) is 10.1 Å². The highest BCUT2D eigenvalue weighted by molar-refractivity contribution is 8.27. The Bertz CT molecular complexity index is 1300. The molecular weight excluding hydrogens is 500 g/mol. The predicted molar refractivity (Wildman–Crippen MR) is 137 cm³/mol. The zero-order chi connectivity index (χ0) is 23.5. The lowest BCUT2D eigenvalue weighted by Crippen LogP contribution is -2.27. The van der Waals surface area contributed by atoms with Crippen molar-refractivity contribution in [1.82, 2.24) is 0 Å². The summed E-state index contributed by atoms with van der Waals surface area (Å²) in [4.78, 5) is 27.5. The number of thiocarbonyl (C=S) groups is 1. The number of ether oxygens (including phenoxy) is 1. The minimum Gasteiger partial charge on any atom is -0.495 e. The van der Waals surface area contributed by atoms with Gasteiger partial charge < -0.3 is 4.74 Å². The molecule has 0 radical (unpaired) electrons. The van der Waals surface area contributed by atoms with E-state index >= 15 is 0 Å². The second-order valence-corrected chi connectivity index (χ2v) is 9.96. The number of methoxy groups -OCH3 is 1. The molecule has 0 spiro atoms. The number of para-hydroxylation sites is 2. The van der Waals surface area contributed by atoms with Crippen LogP contribution in [-0.4, -0.2) is 22.3 Å². The fourth-order valence-corrected chi connectivity index (χ4v) is 5.44. The molecule has 33 heavy (non-hydrogen) atoms. The van der Waals surface area contributed by atoms with Crippen LogP contribution in [0.5, 0.6) is 5.75 Å². The number of hydrogen-bond donors (Lipinski definition) is 0. The average molecular weight is 515 g/mol. The van der Waals surface area contributed by atoms with E-state index in [1.807, 2.05) is 0 Å². The van der Waals surface area contributed by atoms with Crippen molar-refractivity contribution >= 4 is 75.0 Å². The molecule has 0 atom stereocenters. The Balaban J connectivity index is 1.64. The molecule has 0 saturated carbocycles. The van der Waals surface area contributed by atoms with Gasteiger partial charge in [0.2, 0.25) is 0 Å². The van der Waals surface area contributed by atoms with Gasteiger partial charge in [-0.1, -0.05) is 65.5 Å². The van der Waals surface area contributed by atoms with Gasteiger partial charge in [0.1, 0.15) is 5.75 Å². The van der Waals surface area contributed by atoms with Gasteiger partial charge in [0.05, 0.1) is 27.5 Å². The molecule has 1 heterocycles. The number of nitro groups is 1. The standard InChI is InChI=1S/C23H15ClN2O4S3/c1-30-19-5-3-2-4-17(19)25-22(27)21(33-23(25)31)13-14-6-11-20(18(12-14)26(28)29)32-16-9-7-15(24)8-10-16/h2-13H,1H3/b21-13-. The van der Waals surface area contributed by atoms with Crippen LogP contribution >= 0.6 is 47.3 Å². The molecule has 1 aliphatic heterocycles. The number of amides is 1. The van der Waals surface area contributed by atoms with Crippen molar-refractivity contribution in [3.63, 3.8) is 0 Å². The van der Waals surface area contributed by atoms with Crippen molar-refractivity contribution in [2.24, 2.45) is 0 Å². The number of thioether (sulfide) groups is 1. The van der Waals surface area contributed by atoms with E-state index in [1.54, 1.807) is 66.7 Å². The first-order valence-electron chi connectivity index (χ1n) is 9.50. The van der Waals surface area contributed by atoms with Crippen LogP contribution in [0.2, 0.25) is 5.02 Å². The summed E-state index contributed by atoms with van der Waals surface area (Å²) in [5.41, 5.74) is 1.03. The third kappa shape index (κ3) is 5.06. The molecule has 0 unspecified atom stereocenters. The molecule has 0 aromatic heterocycles. The molecule has 0 bridgehead atoms. The first kappa shape index (κ1) is 23.3. The Hall–Kier alpha value is -2.85. The summed E-state index contributed by atoms with van der Waals surface area (Å²) in [6, 6.07) is 19.0. The fraction of sp³-hybridized carbons (Fsp3) is 0.0435. The van der Waals surface area contributed by atoms with Crippen LogP contribution in [0.3, 0.4) is 0 Å². The SMILES string of the molecule is COc1ccccc1N1C(=O)/C(=C/c2ccc(Sc3ccc(Cl)cc3)c([N+](=O)[O-])c2)SC1=S. The second-order valence-electron chi connectivity index (χ2n) is 6.73. The molecule has 1 saturated heterocycles. The molecule has 3 aromatic carbocycles. The highest BCUT2D eigenvalue weighted by atomic mass is 35.5. The summed E-state index contributed by atoms with van der Waals surface area (Å²) < 4.78 is 5.71. The molecule has 4 rings (SSSR count). The number of hydrogen-bond acceptors (Lipinski definition) is 7.